The summed E-state index contributed by atoms with van der Waals surface area (Å²) >= 11 is 0. The summed E-state index contributed by atoms with van der Waals surface area (Å²) in [5.41, 5.74) is 13.3. The number of anilines is 1. The standard InChI is InChI=1S/C18H25N5O/c1-22(16-4-2-3-14(19)11-16)12-13-5-7-15(8-6-13)23-10-9-17(20)21-18(23)24/h5-10,14,16H,2-4,11-12,19H2,1H3,(H2,20,21,24)/t14-,16?/m1/s1. The third-order valence-corrected chi connectivity index (χ3v) is 4.78. The second-order valence-electron chi connectivity index (χ2n) is 6.67. The van der Waals surface area contributed by atoms with E-state index in [4.69, 9.17) is 11.5 Å². The first-order chi connectivity index (χ1) is 11.5. The minimum absolute atomic E-state index is 0.236. The molecule has 0 spiro atoms. The van der Waals surface area contributed by atoms with E-state index in [0.29, 0.717) is 12.1 Å². The molecule has 6 nitrogen and oxygen atoms in total. The Hall–Kier alpha value is -2.18. The smallest absolute Gasteiger partial charge is 0.354 e. The van der Waals surface area contributed by atoms with Crippen molar-refractivity contribution >= 4 is 5.82 Å². The van der Waals surface area contributed by atoms with E-state index in [-0.39, 0.29) is 11.5 Å². The van der Waals surface area contributed by atoms with Crippen molar-refractivity contribution in [2.24, 2.45) is 5.73 Å². The van der Waals surface area contributed by atoms with Crippen molar-refractivity contribution in [3.63, 3.8) is 0 Å². The number of nitrogens with zero attached hydrogens (tertiary/aromatic N) is 3. The zero-order chi connectivity index (χ0) is 17.1. The van der Waals surface area contributed by atoms with Crippen molar-refractivity contribution in [3.05, 3.63) is 52.6 Å². The minimum Gasteiger partial charge on any atom is -0.383 e. The number of nitrogen functional groups attached to an aromatic ring is 1. The molecule has 1 aromatic carbocycles. The van der Waals surface area contributed by atoms with E-state index in [1.165, 1.54) is 23.0 Å². The molecular weight excluding hydrogens is 302 g/mol. The Balaban J connectivity index is 1.69. The van der Waals surface area contributed by atoms with Crippen LogP contribution in [0.3, 0.4) is 0 Å². The van der Waals surface area contributed by atoms with E-state index in [9.17, 15) is 4.79 Å². The van der Waals surface area contributed by atoms with Crippen molar-refractivity contribution in [1.29, 1.82) is 0 Å². The van der Waals surface area contributed by atoms with Crippen LogP contribution >= 0.6 is 0 Å². The molecule has 0 bridgehead atoms. The van der Waals surface area contributed by atoms with Gasteiger partial charge in [0.05, 0.1) is 5.69 Å². The van der Waals surface area contributed by atoms with Gasteiger partial charge in [-0.15, -0.1) is 0 Å². The van der Waals surface area contributed by atoms with Crippen molar-refractivity contribution in [3.8, 4) is 5.69 Å². The quantitative estimate of drug-likeness (QED) is 0.888. The molecule has 2 atom stereocenters. The fourth-order valence-electron chi connectivity index (χ4n) is 3.39. The van der Waals surface area contributed by atoms with Crippen LogP contribution in [-0.4, -0.2) is 33.6 Å². The summed E-state index contributed by atoms with van der Waals surface area (Å²) in [5, 5.41) is 0. The van der Waals surface area contributed by atoms with E-state index in [1.54, 1.807) is 12.3 Å². The van der Waals surface area contributed by atoms with Crippen LogP contribution in [0.15, 0.2) is 41.3 Å². The second-order valence-corrected chi connectivity index (χ2v) is 6.67. The zero-order valence-electron chi connectivity index (χ0n) is 14.1. The van der Waals surface area contributed by atoms with Gasteiger partial charge in [-0.1, -0.05) is 18.6 Å². The lowest BCUT2D eigenvalue weighted by Crippen LogP contribution is -2.40. The van der Waals surface area contributed by atoms with Gasteiger partial charge in [-0.25, -0.2) is 4.79 Å². The molecule has 1 saturated carbocycles. The Kier molecular flexibility index (Phi) is 4.97. The average molecular weight is 327 g/mol. The van der Waals surface area contributed by atoms with Crippen molar-refractivity contribution in [2.45, 2.75) is 44.3 Å². The Labute approximate surface area is 142 Å². The van der Waals surface area contributed by atoms with Gasteiger partial charge in [0.15, 0.2) is 0 Å². The van der Waals surface area contributed by atoms with Crippen molar-refractivity contribution in [1.82, 2.24) is 14.5 Å². The largest absolute Gasteiger partial charge is 0.383 e. The third-order valence-electron chi connectivity index (χ3n) is 4.78. The first-order valence-corrected chi connectivity index (χ1v) is 8.43. The maximum Gasteiger partial charge on any atom is 0.354 e. The molecule has 6 heteroatoms. The van der Waals surface area contributed by atoms with Gasteiger partial charge in [-0.2, -0.15) is 4.98 Å². The summed E-state index contributed by atoms with van der Waals surface area (Å²) < 4.78 is 1.49. The van der Waals surface area contributed by atoms with Gasteiger partial charge >= 0.3 is 5.69 Å². The van der Waals surface area contributed by atoms with Gasteiger partial charge in [0, 0.05) is 24.8 Å². The number of rotatable bonds is 4. The minimum atomic E-state index is -0.365. The van der Waals surface area contributed by atoms with Gasteiger partial charge < -0.3 is 11.5 Å². The van der Waals surface area contributed by atoms with Gasteiger partial charge in [-0.3, -0.25) is 9.47 Å². The summed E-state index contributed by atoms with van der Waals surface area (Å²) in [6, 6.07) is 10.5. The molecule has 128 valence electrons. The zero-order valence-corrected chi connectivity index (χ0v) is 14.1. The number of nitrogens with two attached hydrogens (primary N) is 2. The summed E-state index contributed by atoms with van der Waals surface area (Å²) in [5.74, 6) is 0.236. The predicted octanol–water partition coefficient (Wildman–Crippen LogP) is 1.52. The topological polar surface area (TPSA) is 90.2 Å². The molecule has 2 aromatic rings. The second kappa shape index (κ2) is 7.15. The van der Waals surface area contributed by atoms with E-state index in [1.807, 2.05) is 12.1 Å². The SMILES string of the molecule is CN(Cc1ccc(-n2ccc(N)nc2=O)cc1)C1CCC[C@@H](N)C1. The lowest BCUT2D eigenvalue weighted by molar-refractivity contribution is 0.173. The molecule has 0 saturated heterocycles. The Morgan fingerprint density at radius 1 is 1.25 bits per heavy atom. The first kappa shape index (κ1) is 16.7. The molecule has 0 radical (unpaired) electrons. The highest BCUT2D eigenvalue weighted by Crippen LogP contribution is 2.22. The average Bonchev–Trinajstić information content (AvgIpc) is 2.56. The summed E-state index contributed by atoms with van der Waals surface area (Å²) in [6.45, 7) is 0.882. The van der Waals surface area contributed by atoms with Crippen LogP contribution in [0.4, 0.5) is 5.82 Å². The van der Waals surface area contributed by atoms with Crippen LogP contribution in [0.1, 0.15) is 31.2 Å². The van der Waals surface area contributed by atoms with Gasteiger partial charge in [0.1, 0.15) is 5.82 Å². The van der Waals surface area contributed by atoms with Crippen LogP contribution in [0.2, 0.25) is 0 Å². The lowest BCUT2D eigenvalue weighted by Gasteiger charge is -2.34. The van der Waals surface area contributed by atoms with Crippen LogP contribution in [0, 0.1) is 0 Å². The molecule has 24 heavy (non-hydrogen) atoms. The van der Waals surface area contributed by atoms with Crippen LogP contribution < -0.4 is 17.2 Å². The highest BCUT2D eigenvalue weighted by atomic mass is 16.1. The van der Waals surface area contributed by atoms with Gasteiger partial charge in [-0.05, 0) is 50.1 Å². The van der Waals surface area contributed by atoms with Crippen molar-refractivity contribution in [2.75, 3.05) is 12.8 Å². The number of aromatic nitrogens is 2. The highest BCUT2D eigenvalue weighted by molar-refractivity contribution is 5.36. The molecule has 1 heterocycles. The normalized spacial score (nSPS) is 21.1. The molecule has 3 rings (SSSR count). The molecule has 0 amide bonds. The van der Waals surface area contributed by atoms with Gasteiger partial charge in [0.2, 0.25) is 0 Å². The fourth-order valence-corrected chi connectivity index (χ4v) is 3.39. The van der Waals surface area contributed by atoms with Crippen LogP contribution in [-0.2, 0) is 6.54 Å². The molecule has 1 fully saturated rings. The summed E-state index contributed by atoms with van der Waals surface area (Å²) in [6.07, 6.45) is 6.29. The lowest BCUT2D eigenvalue weighted by atomic mass is 9.90. The van der Waals surface area contributed by atoms with Crippen molar-refractivity contribution < 1.29 is 0 Å². The molecule has 1 aromatic heterocycles. The summed E-state index contributed by atoms with van der Waals surface area (Å²) in [4.78, 5) is 18.0. The summed E-state index contributed by atoms with van der Waals surface area (Å²) in [7, 11) is 2.16. The number of benzene rings is 1. The Morgan fingerprint density at radius 3 is 2.67 bits per heavy atom. The fraction of sp³-hybridized carbons (Fsp3) is 0.444. The maximum atomic E-state index is 11.9. The molecule has 0 aliphatic heterocycles. The molecule has 4 N–H and O–H groups in total. The number of hydrogen-bond acceptors (Lipinski definition) is 5. The molecule has 1 aliphatic rings. The number of hydrogen-bond donors (Lipinski definition) is 2. The first-order valence-electron chi connectivity index (χ1n) is 8.43. The van der Waals surface area contributed by atoms with Gasteiger partial charge in [0.25, 0.3) is 0 Å². The Morgan fingerprint density at radius 2 is 2.00 bits per heavy atom. The van der Waals surface area contributed by atoms with Crippen LogP contribution in [0.25, 0.3) is 5.69 Å². The molecular formula is C18H25N5O. The van der Waals surface area contributed by atoms with Crippen LogP contribution in [0.5, 0.6) is 0 Å². The predicted molar refractivity (Wildman–Crippen MR) is 95.9 cm³/mol. The maximum absolute atomic E-state index is 11.9. The molecule has 1 aliphatic carbocycles. The third kappa shape index (κ3) is 3.83. The highest BCUT2D eigenvalue weighted by Gasteiger charge is 2.22. The van der Waals surface area contributed by atoms with E-state index >= 15 is 0 Å². The molecule has 1 unspecified atom stereocenters. The van der Waals surface area contributed by atoms with E-state index < -0.39 is 0 Å². The van der Waals surface area contributed by atoms with E-state index in [0.717, 1.165) is 25.1 Å². The monoisotopic (exact) mass is 327 g/mol. The van der Waals surface area contributed by atoms with E-state index in [2.05, 4.69) is 29.1 Å². The Bertz CT molecular complexity index is 740.